The second-order valence-electron chi connectivity index (χ2n) is 8.71. The smallest absolute Gasteiger partial charge is 0.330 e. The number of aromatic nitrogens is 2. The number of anilines is 1. The van der Waals surface area contributed by atoms with E-state index in [9.17, 15) is 14.4 Å². The average molecular weight is 444 g/mol. The first kappa shape index (κ1) is 21.2. The Morgan fingerprint density at radius 1 is 1.00 bits per heavy atom. The van der Waals surface area contributed by atoms with Gasteiger partial charge in [0.1, 0.15) is 5.82 Å². The number of carbonyl (C=O) groups is 1. The number of nitrogens with one attached hydrogen (secondary N) is 2. The van der Waals surface area contributed by atoms with Crippen LogP contribution < -0.4 is 16.6 Å². The van der Waals surface area contributed by atoms with Crippen LogP contribution in [-0.4, -0.2) is 29.1 Å². The molecule has 0 bridgehead atoms. The van der Waals surface area contributed by atoms with E-state index in [4.69, 9.17) is 4.74 Å². The van der Waals surface area contributed by atoms with Crippen molar-refractivity contribution in [3.05, 3.63) is 103 Å². The van der Waals surface area contributed by atoms with E-state index in [1.165, 1.54) is 10.1 Å². The standard InChI is InChI=1S/C26H25N3O4/c1-14(2)15-8-10-16(11-9-15)19-20-22(17-6-4-5-7-18(17)23(20)30)27-24-21(19)25(31)28-26(32)29(24)12-13-33-3/h4-11,14,19,27H,12-13H2,1-3H3,(H,28,31,32)/t19-/m0/s1. The number of Topliss-reactive ketones (excluding diaryl/α,β-unsaturated/α-hetero) is 1. The van der Waals surface area contributed by atoms with E-state index < -0.39 is 17.2 Å². The molecule has 33 heavy (non-hydrogen) atoms. The lowest BCUT2D eigenvalue weighted by Gasteiger charge is -2.30. The van der Waals surface area contributed by atoms with Crippen molar-refractivity contribution in [3.8, 4) is 0 Å². The minimum absolute atomic E-state index is 0.106. The van der Waals surface area contributed by atoms with Crippen molar-refractivity contribution in [3.63, 3.8) is 0 Å². The second-order valence-corrected chi connectivity index (χ2v) is 8.71. The van der Waals surface area contributed by atoms with Gasteiger partial charge >= 0.3 is 5.69 Å². The zero-order valence-corrected chi connectivity index (χ0v) is 18.8. The number of ether oxygens (including phenoxy) is 1. The van der Waals surface area contributed by atoms with Crippen molar-refractivity contribution in [1.29, 1.82) is 0 Å². The third-order valence-corrected chi connectivity index (χ3v) is 6.47. The molecular formula is C26H25N3O4. The maximum atomic E-state index is 13.5. The molecule has 7 nitrogen and oxygen atoms in total. The van der Waals surface area contributed by atoms with E-state index in [0.717, 1.165) is 11.1 Å². The number of fused-ring (bicyclic) bond motifs is 3. The van der Waals surface area contributed by atoms with Gasteiger partial charge in [0.25, 0.3) is 5.56 Å². The molecule has 168 valence electrons. The predicted octanol–water partition coefficient (Wildman–Crippen LogP) is 3.47. The first-order chi connectivity index (χ1) is 15.9. The van der Waals surface area contributed by atoms with Crippen LogP contribution in [0.1, 0.15) is 58.3 Å². The number of hydrogen-bond donors (Lipinski definition) is 2. The number of H-pyrrole nitrogens is 1. The van der Waals surface area contributed by atoms with Gasteiger partial charge in [-0.1, -0.05) is 62.4 Å². The molecule has 0 amide bonds. The molecule has 0 saturated carbocycles. The number of allylic oxidation sites excluding steroid dienone is 1. The third-order valence-electron chi connectivity index (χ3n) is 6.47. The van der Waals surface area contributed by atoms with Gasteiger partial charge in [-0.15, -0.1) is 0 Å². The van der Waals surface area contributed by atoms with Gasteiger partial charge in [0.05, 0.1) is 24.4 Å². The summed E-state index contributed by atoms with van der Waals surface area (Å²) in [5.41, 5.74) is 3.90. The Hall–Kier alpha value is -3.71. The Balaban J connectivity index is 1.79. The highest BCUT2D eigenvalue weighted by Gasteiger charge is 2.42. The molecule has 1 atom stereocenters. The maximum Gasteiger partial charge on any atom is 0.330 e. The molecule has 1 aliphatic carbocycles. The topological polar surface area (TPSA) is 93.2 Å². The van der Waals surface area contributed by atoms with Crippen LogP contribution in [0, 0.1) is 0 Å². The number of carbonyl (C=O) groups excluding carboxylic acids is 1. The number of methoxy groups -OCH3 is 1. The molecule has 0 spiro atoms. The summed E-state index contributed by atoms with van der Waals surface area (Å²) in [6.07, 6.45) is 0. The summed E-state index contributed by atoms with van der Waals surface area (Å²) in [5, 5.41) is 3.28. The lowest BCUT2D eigenvalue weighted by molar-refractivity contribution is 0.103. The molecule has 0 unspecified atom stereocenters. The fourth-order valence-corrected chi connectivity index (χ4v) is 4.77. The molecule has 2 aliphatic rings. The Labute approximate surface area is 190 Å². The lowest BCUT2D eigenvalue weighted by atomic mass is 9.81. The summed E-state index contributed by atoms with van der Waals surface area (Å²) in [5.74, 6) is 0.0531. The highest BCUT2D eigenvalue weighted by molar-refractivity contribution is 6.23. The molecule has 0 radical (unpaired) electrons. The van der Waals surface area contributed by atoms with Crippen molar-refractivity contribution in [2.24, 2.45) is 0 Å². The number of hydrogen-bond acceptors (Lipinski definition) is 5. The zero-order valence-electron chi connectivity index (χ0n) is 18.8. The van der Waals surface area contributed by atoms with Crippen LogP contribution in [0.25, 0.3) is 5.70 Å². The number of rotatable bonds is 5. The summed E-state index contributed by atoms with van der Waals surface area (Å²) in [7, 11) is 1.56. The van der Waals surface area contributed by atoms with E-state index in [1.807, 2.05) is 42.5 Å². The summed E-state index contributed by atoms with van der Waals surface area (Å²) in [4.78, 5) is 41.9. The van der Waals surface area contributed by atoms with Crippen LogP contribution in [0.4, 0.5) is 5.82 Å². The SMILES string of the molecule is COCCn1c2c(c(=O)[nH]c1=O)[C@@H](c1ccc(C(C)C)cc1)C1=C(N2)c2ccccc2C1=O. The Bertz CT molecular complexity index is 1410. The fourth-order valence-electron chi connectivity index (χ4n) is 4.77. The van der Waals surface area contributed by atoms with Gasteiger partial charge in [-0.3, -0.25) is 19.1 Å². The van der Waals surface area contributed by atoms with E-state index in [1.54, 1.807) is 13.2 Å². The number of nitrogens with zero attached hydrogens (tertiary/aromatic N) is 1. The van der Waals surface area contributed by atoms with Crippen LogP contribution in [0.3, 0.4) is 0 Å². The quantitative estimate of drug-likeness (QED) is 0.630. The second kappa shape index (κ2) is 8.01. The molecular weight excluding hydrogens is 418 g/mol. The molecule has 0 fully saturated rings. The fraction of sp³-hybridized carbons (Fsp3) is 0.269. The monoisotopic (exact) mass is 443 g/mol. The minimum atomic E-state index is -0.601. The van der Waals surface area contributed by atoms with Crippen molar-refractivity contribution < 1.29 is 9.53 Å². The third kappa shape index (κ3) is 3.27. The molecule has 0 saturated heterocycles. The van der Waals surface area contributed by atoms with E-state index >= 15 is 0 Å². The van der Waals surface area contributed by atoms with E-state index in [2.05, 4.69) is 24.1 Å². The van der Waals surface area contributed by atoms with Crippen LogP contribution in [0.15, 0.2) is 63.7 Å². The molecule has 1 aliphatic heterocycles. The molecule has 5 rings (SSSR count). The van der Waals surface area contributed by atoms with Gasteiger partial charge in [-0.25, -0.2) is 4.79 Å². The molecule has 2 N–H and O–H groups in total. The maximum absolute atomic E-state index is 13.5. The zero-order chi connectivity index (χ0) is 23.3. The Kier molecular flexibility index (Phi) is 5.13. The summed E-state index contributed by atoms with van der Waals surface area (Å²) in [6.45, 7) is 4.80. The van der Waals surface area contributed by atoms with Gasteiger partial charge in [-0.2, -0.15) is 0 Å². The molecule has 2 aromatic carbocycles. The Morgan fingerprint density at radius 2 is 1.70 bits per heavy atom. The van der Waals surface area contributed by atoms with Gasteiger partial charge in [0.15, 0.2) is 5.78 Å². The van der Waals surface area contributed by atoms with Gasteiger partial charge < -0.3 is 10.1 Å². The van der Waals surface area contributed by atoms with Crippen LogP contribution in [0.2, 0.25) is 0 Å². The van der Waals surface area contributed by atoms with Gasteiger partial charge in [0, 0.05) is 29.7 Å². The number of ketones is 1. The van der Waals surface area contributed by atoms with Gasteiger partial charge in [-0.05, 0) is 17.0 Å². The van der Waals surface area contributed by atoms with Crippen molar-refractivity contribution in [2.45, 2.75) is 32.2 Å². The first-order valence-corrected chi connectivity index (χ1v) is 11.0. The molecule has 7 heteroatoms. The molecule has 1 aromatic heterocycles. The highest BCUT2D eigenvalue weighted by Crippen LogP contribution is 2.47. The van der Waals surface area contributed by atoms with Crippen LogP contribution >= 0.6 is 0 Å². The van der Waals surface area contributed by atoms with Crippen molar-refractivity contribution in [1.82, 2.24) is 9.55 Å². The first-order valence-electron chi connectivity index (χ1n) is 11.0. The van der Waals surface area contributed by atoms with Gasteiger partial charge in [0.2, 0.25) is 0 Å². The van der Waals surface area contributed by atoms with Crippen molar-refractivity contribution >= 4 is 17.3 Å². The van der Waals surface area contributed by atoms with E-state index in [0.29, 0.717) is 40.7 Å². The number of benzene rings is 2. The van der Waals surface area contributed by atoms with Crippen LogP contribution in [-0.2, 0) is 11.3 Å². The molecule has 3 aromatic rings. The summed E-state index contributed by atoms with van der Waals surface area (Å²) >= 11 is 0. The largest absolute Gasteiger partial charge is 0.383 e. The van der Waals surface area contributed by atoms with Crippen LogP contribution in [0.5, 0.6) is 0 Å². The van der Waals surface area contributed by atoms with Crippen molar-refractivity contribution in [2.75, 3.05) is 19.0 Å². The Morgan fingerprint density at radius 3 is 2.36 bits per heavy atom. The highest BCUT2D eigenvalue weighted by atomic mass is 16.5. The van der Waals surface area contributed by atoms with E-state index in [-0.39, 0.29) is 12.3 Å². The normalized spacial score (nSPS) is 16.5. The number of aromatic amines is 1. The summed E-state index contributed by atoms with van der Waals surface area (Å²) < 4.78 is 6.66. The summed E-state index contributed by atoms with van der Waals surface area (Å²) in [6, 6.07) is 15.4. The molecule has 2 heterocycles. The predicted molar refractivity (Wildman–Crippen MR) is 127 cm³/mol. The average Bonchev–Trinajstić information content (AvgIpc) is 3.10. The lowest BCUT2D eigenvalue weighted by Crippen LogP contribution is -2.38. The minimum Gasteiger partial charge on any atom is -0.383 e.